The summed E-state index contributed by atoms with van der Waals surface area (Å²) in [7, 11) is -1.85. The molecule has 2 aromatic rings. The Hall–Kier alpha value is -2.23. The molecule has 0 amide bonds. The maximum Gasteiger partial charge on any atom is 0.317 e. The first kappa shape index (κ1) is 18.1. The molecular weight excluding hydrogens is 332 g/mol. The van der Waals surface area contributed by atoms with Crippen LogP contribution in [0.5, 0.6) is 0 Å². The Morgan fingerprint density at radius 1 is 1.33 bits per heavy atom. The number of nitrogens with two attached hydrogens (primary N) is 1. The molecule has 0 radical (unpaired) electrons. The summed E-state index contributed by atoms with van der Waals surface area (Å²) in [6.07, 6.45) is 4.59. The minimum atomic E-state index is -3.72. The van der Waals surface area contributed by atoms with Crippen molar-refractivity contribution in [1.29, 1.82) is 0 Å². The molecule has 130 valence electrons. The molecule has 0 aliphatic rings. The molecule has 1 aromatic carbocycles. The van der Waals surface area contributed by atoms with E-state index in [4.69, 9.17) is 10.2 Å². The fourth-order valence-corrected chi connectivity index (χ4v) is 2.88. The molecule has 1 aromatic heterocycles. The number of hydrogen-bond donors (Lipinski definition) is 3. The molecule has 0 saturated carbocycles. The molecule has 1 unspecified atom stereocenters. The number of nitrogens with one attached hydrogen (secondary N) is 1. The van der Waals surface area contributed by atoms with Crippen molar-refractivity contribution in [3.8, 4) is 0 Å². The van der Waals surface area contributed by atoms with Crippen molar-refractivity contribution in [1.82, 2.24) is 14.9 Å². The number of primary sulfonamides is 1. The monoisotopic (exact) mass is 352 g/mol. The van der Waals surface area contributed by atoms with Gasteiger partial charge in [-0.25, -0.2) is 18.5 Å². The summed E-state index contributed by atoms with van der Waals surface area (Å²) in [5.41, 5.74) is 0.875. The van der Waals surface area contributed by atoms with E-state index in [0.717, 1.165) is 11.4 Å². The fourth-order valence-electron chi connectivity index (χ4n) is 2.36. The maximum absolute atomic E-state index is 11.3. The van der Waals surface area contributed by atoms with Gasteiger partial charge in [0, 0.05) is 31.9 Å². The van der Waals surface area contributed by atoms with Crippen LogP contribution in [-0.2, 0) is 34.7 Å². The number of carboxylic acid groups (broad SMARTS) is 1. The number of imidazole rings is 1. The number of benzene rings is 1. The molecule has 0 aliphatic heterocycles. The van der Waals surface area contributed by atoms with Crippen LogP contribution in [0.25, 0.3) is 0 Å². The fraction of sp³-hybridized carbons (Fsp3) is 0.333. The number of rotatable bonds is 8. The molecule has 0 fully saturated rings. The van der Waals surface area contributed by atoms with Crippen molar-refractivity contribution >= 4 is 16.0 Å². The summed E-state index contributed by atoms with van der Waals surface area (Å²) in [4.78, 5) is 15.1. The molecular formula is C15H20N4O4S. The van der Waals surface area contributed by atoms with E-state index in [0.29, 0.717) is 12.8 Å². The average Bonchev–Trinajstić information content (AvgIpc) is 2.89. The van der Waals surface area contributed by atoms with Crippen LogP contribution in [0.4, 0.5) is 0 Å². The van der Waals surface area contributed by atoms with Crippen LogP contribution in [0.2, 0.25) is 0 Å². The summed E-state index contributed by atoms with van der Waals surface area (Å²) < 4.78 is 24.4. The lowest BCUT2D eigenvalue weighted by atomic mass is 10.0. The van der Waals surface area contributed by atoms with Gasteiger partial charge >= 0.3 is 5.97 Å². The van der Waals surface area contributed by atoms with Gasteiger partial charge in [0.25, 0.3) is 0 Å². The number of nitrogens with zero attached hydrogens (tertiary/aromatic N) is 2. The van der Waals surface area contributed by atoms with E-state index in [1.54, 1.807) is 18.3 Å². The summed E-state index contributed by atoms with van der Waals surface area (Å²) in [6, 6.07) is 6.09. The van der Waals surface area contributed by atoms with Gasteiger partial charge in [0.05, 0.1) is 11.4 Å². The molecule has 0 bridgehead atoms. The normalized spacial score (nSPS) is 12.9. The van der Waals surface area contributed by atoms with E-state index in [1.807, 2.05) is 17.8 Å². The number of aliphatic carboxylic acids is 1. The van der Waals surface area contributed by atoms with Crippen LogP contribution in [-0.4, -0.2) is 41.6 Å². The predicted octanol–water partition coefficient (Wildman–Crippen LogP) is -0.104. The third-order valence-corrected chi connectivity index (χ3v) is 4.56. The van der Waals surface area contributed by atoms with Crippen LogP contribution in [0.3, 0.4) is 0 Å². The van der Waals surface area contributed by atoms with Gasteiger partial charge in [-0.2, -0.15) is 0 Å². The Morgan fingerprint density at radius 3 is 2.50 bits per heavy atom. The first-order valence-corrected chi connectivity index (χ1v) is 8.83. The molecule has 2 rings (SSSR count). The molecule has 24 heavy (non-hydrogen) atoms. The first-order chi connectivity index (χ1) is 11.3. The SMILES string of the molecule is Cn1ccnc1CC(Cc1ccc(S(N)(=O)=O)cc1)NCC(=O)O. The predicted molar refractivity (Wildman–Crippen MR) is 87.9 cm³/mol. The van der Waals surface area contributed by atoms with Gasteiger partial charge in [0.2, 0.25) is 10.0 Å². The van der Waals surface area contributed by atoms with E-state index in [9.17, 15) is 13.2 Å². The Kier molecular flexibility index (Phi) is 5.71. The molecule has 4 N–H and O–H groups in total. The number of hydrogen-bond acceptors (Lipinski definition) is 5. The quantitative estimate of drug-likeness (QED) is 0.608. The van der Waals surface area contributed by atoms with Gasteiger partial charge in [0.1, 0.15) is 5.82 Å². The second-order valence-electron chi connectivity index (χ2n) is 5.52. The van der Waals surface area contributed by atoms with Gasteiger partial charge in [-0.15, -0.1) is 0 Å². The van der Waals surface area contributed by atoms with Crippen molar-refractivity contribution < 1.29 is 18.3 Å². The van der Waals surface area contributed by atoms with E-state index < -0.39 is 16.0 Å². The molecule has 9 heteroatoms. The lowest BCUT2D eigenvalue weighted by Gasteiger charge is -2.18. The standard InChI is InChI=1S/C15H20N4O4S/c1-19-7-6-17-14(19)9-12(18-10-15(20)21)8-11-2-4-13(5-3-11)24(16,22)23/h2-7,12,18H,8-10H2,1H3,(H,20,21)(H2,16,22,23). The Morgan fingerprint density at radius 2 is 2.00 bits per heavy atom. The third kappa shape index (κ3) is 5.15. The largest absolute Gasteiger partial charge is 0.480 e. The van der Waals surface area contributed by atoms with Gasteiger partial charge in [-0.3, -0.25) is 4.79 Å². The van der Waals surface area contributed by atoms with Crippen LogP contribution < -0.4 is 10.5 Å². The summed E-state index contributed by atoms with van der Waals surface area (Å²) in [6.45, 7) is -0.162. The Labute approximate surface area is 140 Å². The van der Waals surface area contributed by atoms with Crippen LogP contribution in [0, 0.1) is 0 Å². The highest BCUT2D eigenvalue weighted by molar-refractivity contribution is 7.89. The van der Waals surface area contributed by atoms with Gasteiger partial charge in [0.15, 0.2) is 0 Å². The highest BCUT2D eigenvalue weighted by Gasteiger charge is 2.15. The second kappa shape index (κ2) is 7.56. The molecule has 1 heterocycles. The molecule has 0 spiro atoms. The zero-order valence-corrected chi connectivity index (χ0v) is 14.0. The summed E-state index contributed by atoms with van der Waals surface area (Å²) in [5, 5.41) is 16.9. The lowest BCUT2D eigenvalue weighted by Crippen LogP contribution is -2.37. The van der Waals surface area contributed by atoms with E-state index in [1.165, 1.54) is 12.1 Å². The number of carbonyl (C=O) groups is 1. The van der Waals surface area contributed by atoms with Crippen LogP contribution in [0.1, 0.15) is 11.4 Å². The molecule has 0 saturated heterocycles. The van der Waals surface area contributed by atoms with Crippen molar-refractivity contribution in [3.63, 3.8) is 0 Å². The third-order valence-electron chi connectivity index (χ3n) is 3.63. The first-order valence-electron chi connectivity index (χ1n) is 7.29. The number of sulfonamides is 1. The van der Waals surface area contributed by atoms with E-state index in [2.05, 4.69) is 10.3 Å². The zero-order valence-electron chi connectivity index (χ0n) is 13.2. The van der Waals surface area contributed by atoms with E-state index >= 15 is 0 Å². The van der Waals surface area contributed by atoms with Crippen molar-refractivity contribution in [2.45, 2.75) is 23.8 Å². The van der Waals surface area contributed by atoms with Crippen molar-refractivity contribution in [2.24, 2.45) is 12.2 Å². The smallest absolute Gasteiger partial charge is 0.317 e. The highest BCUT2D eigenvalue weighted by Crippen LogP contribution is 2.12. The number of carboxylic acids is 1. The molecule has 0 aliphatic carbocycles. The highest BCUT2D eigenvalue weighted by atomic mass is 32.2. The number of aromatic nitrogens is 2. The Balaban J connectivity index is 2.12. The van der Waals surface area contributed by atoms with E-state index in [-0.39, 0.29) is 17.5 Å². The molecule has 1 atom stereocenters. The van der Waals surface area contributed by atoms with Crippen molar-refractivity contribution in [2.75, 3.05) is 6.54 Å². The average molecular weight is 352 g/mol. The zero-order chi connectivity index (χ0) is 17.7. The van der Waals surface area contributed by atoms with Gasteiger partial charge in [-0.1, -0.05) is 12.1 Å². The second-order valence-corrected chi connectivity index (χ2v) is 7.08. The van der Waals surface area contributed by atoms with Gasteiger partial charge < -0.3 is 15.0 Å². The summed E-state index contributed by atoms with van der Waals surface area (Å²) >= 11 is 0. The van der Waals surface area contributed by atoms with Crippen LogP contribution >= 0.6 is 0 Å². The van der Waals surface area contributed by atoms with Gasteiger partial charge in [-0.05, 0) is 24.1 Å². The molecule has 8 nitrogen and oxygen atoms in total. The summed E-state index contributed by atoms with van der Waals surface area (Å²) in [5.74, 6) is -0.108. The minimum absolute atomic E-state index is 0.0467. The van der Waals surface area contributed by atoms with Crippen LogP contribution in [0.15, 0.2) is 41.6 Å². The topological polar surface area (TPSA) is 127 Å². The Bertz CT molecular complexity index is 799. The minimum Gasteiger partial charge on any atom is -0.480 e. The lowest BCUT2D eigenvalue weighted by molar-refractivity contribution is -0.136. The van der Waals surface area contributed by atoms with Crippen molar-refractivity contribution in [3.05, 3.63) is 48.0 Å². The number of aryl methyl sites for hydroxylation is 1. The maximum atomic E-state index is 11.3.